The molecule has 2 N–H and O–H groups in total. The van der Waals surface area contributed by atoms with Crippen molar-refractivity contribution in [2.75, 3.05) is 7.11 Å². The Kier molecular flexibility index (Phi) is 4.08. The van der Waals surface area contributed by atoms with Gasteiger partial charge in [-0.3, -0.25) is 0 Å². The molecule has 1 unspecified atom stereocenters. The van der Waals surface area contributed by atoms with Crippen LogP contribution in [0.25, 0.3) is 0 Å². The van der Waals surface area contributed by atoms with E-state index in [1.807, 2.05) is 18.2 Å². The van der Waals surface area contributed by atoms with Crippen LogP contribution in [0.15, 0.2) is 24.3 Å². The molecule has 3 heteroatoms. The third kappa shape index (κ3) is 2.82. The summed E-state index contributed by atoms with van der Waals surface area (Å²) in [5.41, 5.74) is 7.40. The molecule has 1 aliphatic rings. The quantitative estimate of drug-likeness (QED) is 0.895. The molecule has 0 bridgehead atoms. The Morgan fingerprint density at radius 2 is 2.12 bits per heavy atom. The van der Waals surface area contributed by atoms with Gasteiger partial charge in [-0.1, -0.05) is 36.6 Å². The van der Waals surface area contributed by atoms with E-state index < -0.39 is 0 Å². The van der Waals surface area contributed by atoms with E-state index in [0.717, 1.165) is 24.3 Å². The highest BCUT2D eigenvalue weighted by Crippen LogP contribution is 2.36. The predicted octanol–water partition coefficient (Wildman–Crippen LogP) is 3.17. The highest BCUT2D eigenvalue weighted by molar-refractivity contribution is 6.30. The average molecular weight is 254 g/mol. The van der Waals surface area contributed by atoms with Crippen molar-refractivity contribution in [3.05, 3.63) is 34.9 Å². The molecule has 0 radical (unpaired) electrons. The molecule has 1 aliphatic carbocycles. The number of methoxy groups -OCH3 is 1. The van der Waals surface area contributed by atoms with Crippen molar-refractivity contribution >= 4 is 11.6 Å². The fourth-order valence-electron chi connectivity index (χ4n) is 2.80. The molecule has 0 saturated heterocycles. The largest absolute Gasteiger partial charge is 0.377 e. The first kappa shape index (κ1) is 12.9. The van der Waals surface area contributed by atoms with Crippen molar-refractivity contribution in [3.8, 4) is 0 Å². The van der Waals surface area contributed by atoms with Crippen LogP contribution >= 0.6 is 11.6 Å². The summed E-state index contributed by atoms with van der Waals surface area (Å²) in [7, 11) is 1.78. The Labute approximate surface area is 108 Å². The van der Waals surface area contributed by atoms with Gasteiger partial charge in [0.25, 0.3) is 0 Å². The predicted molar refractivity (Wildman–Crippen MR) is 71.3 cm³/mol. The van der Waals surface area contributed by atoms with Gasteiger partial charge < -0.3 is 10.5 Å². The molecule has 1 saturated carbocycles. The van der Waals surface area contributed by atoms with E-state index >= 15 is 0 Å². The lowest BCUT2D eigenvalue weighted by Crippen LogP contribution is -2.48. The number of rotatable bonds is 4. The van der Waals surface area contributed by atoms with Crippen LogP contribution in [-0.4, -0.2) is 18.8 Å². The van der Waals surface area contributed by atoms with Crippen LogP contribution in [0.1, 0.15) is 31.2 Å². The lowest BCUT2D eigenvalue weighted by Gasteiger charge is -2.34. The maximum atomic E-state index is 6.34. The number of hydrogen-bond acceptors (Lipinski definition) is 2. The number of benzene rings is 1. The van der Waals surface area contributed by atoms with Crippen molar-refractivity contribution < 1.29 is 4.74 Å². The van der Waals surface area contributed by atoms with E-state index in [2.05, 4.69) is 6.07 Å². The Morgan fingerprint density at radius 1 is 1.41 bits per heavy atom. The molecule has 17 heavy (non-hydrogen) atoms. The zero-order valence-electron chi connectivity index (χ0n) is 10.3. The van der Waals surface area contributed by atoms with Crippen LogP contribution in [0.4, 0.5) is 0 Å². The molecule has 2 nitrogen and oxygen atoms in total. The molecule has 0 amide bonds. The Morgan fingerprint density at radius 3 is 2.71 bits per heavy atom. The van der Waals surface area contributed by atoms with Crippen LogP contribution in [0.2, 0.25) is 5.02 Å². The Bertz CT molecular complexity index is 374. The third-order valence-corrected chi connectivity index (χ3v) is 4.11. The Hall–Kier alpha value is -0.570. The highest BCUT2D eigenvalue weighted by Gasteiger charge is 2.39. The minimum Gasteiger partial charge on any atom is -0.377 e. The first-order valence-corrected chi connectivity index (χ1v) is 6.59. The molecule has 2 rings (SSSR count). The summed E-state index contributed by atoms with van der Waals surface area (Å²) in [6.07, 6.45) is 5.42. The standard InChI is InChI=1S/C14H20ClNO/c1-17-14(7-2-3-8-14)13(16)10-11-5-4-6-12(15)9-11/h4-6,9,13H,2-3,7-8,10,16H2,1H3. The number of halogens is 1. The van der Waals surface area contributed by atoms with Gasteiger partial charge in [0.05, 0.1) is 5.60 Å². The molecule has 1 aromatic carbocycles. The second kappa shape index (κ2) is 5.38. The molecule has 1 aromatic rings. The van der Waals surface area contributed by atoms with E-state index in [1.54, 1.807) is 7.11 Å². The van der Waals surface area contributed by atoms with Gasteiger partial charge in [-0.2, -0.15) is 0 Å². The van der Waals surface area contributed by atoms with Crippen molar-refractivity contribution in [1.29, 1.82) is 0 Å². The third-order valence-electron chi connectivity index (χ3n) is 3.88. The molecule has 1 fully saturated rings. The van der Waals surface area contributed by atoms with Crippen LogP contribution < -0.4 is 5.73 Å². The molecular formula is C14H20ClNO. The molecule has 94 valence electrons. The van der Waals surface area contributed by atoms with E-state index in [0.29, 0.717) is 0 Å². The maximum Gasteiger partial charge on any atom is 0.0832 e. The lowest BCUT2D eigenvalue weighted by atomic mass is 9.88. The summed E-state index contributed by atoms with van der Waals surface area (Å²) in [6.45, 7) is 0. The summed E-state index contributed by atoms with van der Waals surface area (Å²) >= 11 is 5.98. The van der Waals surface area contributed by atoms with Gasteiger partial charge in [-0.25, -0.2) is 0 Å². The molecule has 0 heterocycles. The second-order valence-electron chi connectivity index (χ2n) is 4.92. The van der Waals surface area contributed by atoms with E-state index in [-0.39, 0.29) is 11.6 Å². The summed E-state index contributed by atoms with van der Waals surface area (Å²) < 4.78 is 5.71. The van der Waals surface area contributed by atoms with Gasteiger partial charge >= 0.3 is 0 Å². The Balaban J connectivity index is 2.07. The molecule has 0 spiro atoms. The maximum absolute atomic E-state index is 6.34. The van der Waals surface area contributed by atoms with Crippen LogP contribution in [0, 0.1) is 0 Å². The van der Waals surface area contributed by atoms with E-state index in [1.165, 1.54) is 18.4 Å². The zero-order valence-corrected chi connectivity index (χ0v) is 11.0. The smallest absolute Gasteiger partial charge is 0.0832 e. The first-order valence-electron chi connectivity index (χ1n) is 6.21. The normalized spacial score (nSPS) is 20.4. The topological polar surface area (TPSA) is 35.2 Å². The average Bonchev–Trinajstić information content (AvgIpc) is 2.78. The zero-order chi connectivity index (χ0) is 12.3. The number of ether oxygens (including phenoxy) is 1. The summed E-state index contributed by atoms with van der Waals surface area (Å²) in [6, 6.07) is 7.97. The minimum absolute atomic E-state index is 0.0495. The summed E-state index contributed by atoms with van der Waals surface area (Å²) in [4.78, 5) is 0. The summed E-state index contributed by atoms with van der Waals surface area (Å²) in [5, 5.41) is 0.771. The minimum atomic E-state index is -0.123. The first-order chi connectivity index (χ1) is 8.16. The second-order valence-corrected chi connectivity index (χ2v) is 5.35. The van der Waals surface area contributed by atoms with Crippen molar-refractivity contribution in [3.63, 3.8) is 0 Å². The van der Waals surface area contributed by atoms with Crippen LogP contribution in [0.5, 0.6) is 0 Å². The van der Waals surface area contributed by atoms with Gasteiger partial charge in [-0.15, -0.1) is 0 Å². The summed E-state index contributed by atoms with van der Waals surface area (Å²) in [5.74, 6) is 0. The molecular weight excluding hydrogens is 234 g/mol. The van der Waals surface area contributed by atoms with Gasteiger partial charge in [0.2, 0.25) is 0 Å². The monoisotopic (exact) mass is 253 g/mol. The van der Waals surface area contributed by atoms with Gasteiger partial charge in [0.15, 0.2) is 0 Å². The SMILES string of the molecule is COC1(C(N)Cc2cccc(Cl)c2)CCCC1. The van der Waals surface area contributed by atoms with E-state index in [9.17, 15) is 0 Å². The van der Waals surface area contributed by atoms with Gasteiger partial charge in [-0.05, 0) is 37.0 Å². The van der Waals surface area contributed by atoms with Crippen molar-refractivity contribution in [1.82, 2.24) is 0 Å². The van der Waals surface area contributed by atoms with Crippen LogP contribution in [0.3, 0.4) is 0 Å². The van der Waals surface area contributed by atoms with Crippen LogP contribution in [-0.2, 0) is 11.2 Å². The molecule has 1 atom stereocenters. The number of hydrogen-bond donors (Lipinski definition) is 1. The number of nitrogens with two attached hydrogens (primary N) is 1. The van der Waals surface area contributed by atoms with Gasteiger partial charge in [0.1, 0.15) is 0 Å². The van der Waals surface area contributed by atoms with E-state index in [4.69, 9.17) is 22.1 Å². The highest BCUT2D eigenvalue weighted by atomic mass is 35.5. The molecule has 0 aromatic heterocycles. The van der Waals surface area contributed by atoms with Crippen molar-refractivity contribution in [2.45, 2.75) is 43.7 Å². The molecule has 0 aliphatic heterocycles. The van der Waals surface area contributed by atoms with Gasteiger partial charge in [0, 0.05) is 18.2 Å². The van der Waals surface area contributed by atoms with Crippen molar-refractivity contribution in [2.24, 2.45) is 5.73 Å². The fraction of sp³-hybridized carbons (Fsp3) is 0.571. The lowest BCUT2D eigenvalue weighted by molar-refractivity contribution is -0.0253. The fourth-order valence-corrected chi connectivity index (χ4v) is 3.02.